The van der Waals surface area contributed by atoms with Crippen molar-refractivity contribution in [2.75, 3.05) is 18.8 Å². The fourth-order valence-corrected chi connectivity index (χ4v) is 6.27. The molecule has 0 spiro atoms. The number of rotatable bonds is 6. The van der Waals surface area contributed by atoms with Gasteiger partial charge in [0, 0.05) is 23.7 Å². The quantitative estimate of drug-likeness (QED) is 0.336. The molecule has 1 aliphatic carbocycles. The van der Waals surface area contributed by atoms with Crippen LogP contribution in [0.5, 0.6) is 0 Å². The number of aromatic nitrogens is 2. The van der Waals surface area contributed by atoms with E-state index in [0.29, 0.717) is 31.2 Å². The number of thiophene rings is 1. The van der Waals surface area contributed by atoms with Crippen LogP contribution in [0.1, 0.15) is 37.1 Å². The zero-order chi connectivity index (χ0) is 19.8. The monoisotopic (exact) mass is 420 g/mol. The normalized spacial score (nSPS) is 19.4. The molecule has 1 fully saturated rings. The number of fused-ring (bicyclic) bond motifs is 3. The van der Waals surface area contributed by atoms with Gasteiger partial charge in [0.15, 0.2) is 5.16 Å². The lowest BCUT2D eigenvalue weighted by atomic mass is 9.89. The van der Waals surface area contributed by atoms with Crippen LogP contribution in [0, 0.1) is 5.92 Å². The molecule has 0 aromatic carbocycles. The molecule has 1 saturated heterocycles. The van der Waals surface area contributed by atoms with E-state index in [1.165, 1.54) is 27.1 Å². The highest BCUT2D eigenvalue weighted by molar-refractivity contribution is 7.99. The third kappa shape index (κ3) is 3.45. The smallest absolute Gasteiger partial charge is 0.324 e. The number of imide groups is 1. The van der Waals surface area contributed by atoms with Crippen molar-refractivity contribution in [3.8, 4) is 0 Å². The van der Waals surface area contributed by atoms with E-state index in [1.807, 2.05) is 6.92 Å². The topological polar surface area (TPSA) is 84.3 Å². The molecule has 2 aromatic heterocycles. The molecule has 150 valence electrons. The van der Waals surface area contributed by atoms with Crippen LogP contribution < -0.4 is 10.9 Å². The van der Waals surface area contributed by atoms with Crippen molar-refractivity contribution < 1.29 is 9.59 Å². The van der Waals surface area contributed by atoms with Crippen molar-refractivity contribution in [2.45, 2.75) is 51.2 Å². The lowest BCUT2D eigenvalue weighted by molar-refractivity contribution is -0.124. The van der Waals surface area contributed by atoms with E-state index in [1.54, 1.807) is 15.9 Å². The van der Waals surface area contributed by atoms with Crippen LogP contribution >= 0.6 is 23.1 Å². The molecular formula is C19H24N4O3S2. The molecule has 1 N–H and O–H groups in total. The molecule has 1 aliphatic heterocycles. The second-order valence-electron chi connectivity index (χ2n) is 7.38. The van der Waals surface area contributed by atoms with Crippen molar-refractivity contribution in [3.05, 3.63) is 20.8 Å². The van der Waals surface area contributed by atoms with Gasteiger partial charge in [-0.25, -0.2) is 9.78 Å². The second kappa shape index (κ2) is 7.87. The standard InChI is InChI=1S/C19H24N4O3S2/c1-3-22-17(25)15-12-6-5-11(2)9-13(12)28-16(15)21-19(22)27-8-4-7-23-14(24)10-20-18(23)26/h11H,3-10H2,1-2H3,(H,20,26). The summed E-state index contributed by atoms with van der Waals surface area (Å²) in [6.45, 7) is 5.28. The molecule has 2 aliphatic rings. The molecule has 2 aromatic rings. The zero-order valence-corrected chi connectivity index (χ0v) is 17.8. The van der Waals surface area contributed by atoms with Gasteiger partial charge in [0.25, 0.3) is 5.56 Å². The van der Waals surface area contributed by atoms with Gasteiger partial charge in [0.1, 0.15) is 4.83 Å². The molecule has 4 rings (SSSR count). The molecule has 9 heteroatoms. The minimum atomic E-state index is -0.321. The van der Waals surface area contributed by atoms with Crippen LogP contribution in [-0.2, 0) is 24.2 Å². The number of aryl methyl sites for hydroxylation is 1. The van der Waals surface area contributed by atoms with Crippen molar-refractivity contribution in [3.63, 3.8) is 0 Å². The Labute approximate surface area is 171 Å². The molecule has 0 radical (unpaired) electrons. The van der Waals surface area contributed by atoms with Gasteiger partial charge in [-0.2, -0.15) is 0 Å². The summed E-state index contributed by atoms with van der Waals surface area (Å²) in [6, 6.07) is -0.321. The summed E-state index contributed by atoms with van der Waals surface area (Å²) in [7, 11) is 0. The van der Waals surface area contributed by atoms with Gasteiger partial charge in [-0.15, -0.1) is 11.3 Å². The number of hydrogen-bond donors (Lipinski definition) is 1. The predicted molar refractivity (Wildman–Crippen MR) is 111 cm³/mol. The number of amides is 3. The first-order valence-electron chi connectivity index (χ1n) is 9.75. The average molecular weight is 421 g/mol. The summed E-state index contributed by atoms with van der Waals surface area (Å²) < 4.78 is 1.76. The fraction of sp³-hybridized carbons (Fsp3) is 0.579. The van der Waals surface area contributed by atoms with Gasteiger partial charge in [-0.1, -0.05) is 18.7 Å². The molecule has 3 heterocycles. The van der Waals surface area contributed by atoms with Crippen LogP contribution in [0.3, 0.4) is 0 Å². The third-order valence-electron chi connectivity index (χ3n) is 5.39. The SMILES string of the molecule is CCn1c(SCCCN2C(=O)CNC2=O)nc2sc3c(c2c1=O)CCC(C)C3. The molecule has 3 amide bonds. The fourth-order valence-electron chi connectivity index (χ4n) is 3.86. The van der Waals surface area contributed by atoms with Gasteiger partial charge >= 0.3 is 6.03 Å². The molecule has 0 bridgehead atoms. The summed E-state index contributed by atoms with van der Waals surface area (Å²) in [5, 5.41) is 4.07. The predicted octanol–water partition coefficient (Wildman–Crippen LogP) is 2.64. The van der Waals surface area contributed by atoms with Crippen molar-refractivity contribution >= 4 is 45.3 Å². The van der Waals surface area contributed by atoms with E-state index in [9.17, 15) is 14.4 Å². The molecule has 1 atom stereocenters. The molecule has 7 nitrogen and oxygen atoms in total. The Bertz CT molecular complexity index is 981. The summed E-state index contributed by atoms with van der Waals surface area (Å²) in [4.78, 5) is 44.6. The van der Waals surface area contributed by atoms with Crippen molar-refractivity contribution in [1.29, 1.82) is 0 Å². The Morgan fingerprint density at radius 1 is 1.32 bits per heavy atom. The van der Waals surface area contributed by atoms with E-state index in [4.69, 9.17) is 4.98 Å². The Balaban J connectivity index is 1.53. The number of urea groups is 1. The minimum absolute atomic E-state index is 0.0659. The largest absolute Gasteiger partial charge is 0.329 e. The van der Waals surface area contributed by atoms with E-state index in [0.717, 1.165) is 34.6 Å². The van der Waals surface area contributed by atoms with E-state index in [-0.39, 0.29) is 24.0 Å². The Morgan fingerprint density at radius 2 is 2.14 bits per heavy atom. The number of carbonyl (C=O) groups is 2. The van der Waals surface area contributed by atoms with Gasteiger partial charge in [0.2, 0.25) is 5.91 Å². The summed E-state index contributed by atoms with van der Waals surface area (Å²) in [5.74, 6) is 1.17. The van der Waals surface area contributed by atoms with Crippen LogP contribution in [0.25, 0.3) is 10.2 Å². The van der Waals surface area contributed by atoms with Gasteiger partial charge < -0.3 is 5.32 Å². The molecule has 28 heavy (non-hydrogen) atoms. The highest BCUT2D eigenvalue weighted by Crippen LogP contribution is 2.36. The first kappa shape index (κ1) is 19.4. The van der Waals surface area contributed by atoms with Crippen molar-refractivity contribution in [1.82, 2.24) is 19.8 Å². The Kier molecular flexibility index (Phi) is 5.46. The number of thioether (sulfide) groups is 1. The molecule has 1 unspecified atom stereocenters. The number of nitrogens with zero attached hydrogens (tertiary/aromatic N) is 3. The first-order chi connectivity index (χ1) is 13.5. The van der Waals surface area contributed by atoms with E-state index < -0.39 is 0 Å². The number of nitrogens with one attached hydrogen (secondary N) is 1. The maximum Gasteiger partial charge on any atom is 0.324 e. The first-order valence-corrected chi connectivity index (χ1v) is 11.6. The highest BCUT2D eigenvalue weighted by atomic mass is 32.2. The van der Waals surface area contributed by atoms with Gasteiger partial charge in [-0.3, -0.25) is 19.1 Å². The van der Waals surface area contributed by atoms with Crippen LogP contribution in [0.4, 0.5) is 4.79 Å². The number of hydrogen-bond acceptors (Lipinski definition) is 6. The lowest BCUT2D eigenvalue weighted by Gasteiger charge is -2.17. The second-order valence-corrected chi connectivity index (χ2v) is 9.53. The van der Waals surface area contributed by atoms with E-state index >= 15 is 0 Å². The molecule has 0 saturated carbocycles. The van der Waals surface area contributed by atoms with E-state index in [2.05, 4.69) is 12.2 Å². The van der Waals surface area contributed by atoms with Crippen LogP contribution in [0.2, 0.25) is 0 Å². The number of carbonyl (C=O) groups excluding carboxylic acids is 2. The lowest BCUT2D eigenvalue weighted by Crippen LogP contribution is -2.32. The maximum absolute atomic E-state index is 13.1. The summed E-state index contributed by atoms with van der Waals surface area (Å²) in [6.07, 6.45) is 3.80. The maximum atomic E-state index is 13.1. The summed E-state index contributed by atoms with van der Waals surface area (Å²) >= 11 is 3.19. The van der Waals surface area contributed by atoms with Gasteiger partial charge in [0.05, 0.1) is 11.9 Å². The molecular weight excluding hydrogens is 396 g/mol. The van der Waals surface area contributed by atoms with Crippen LogP contribution in [-0.4, -0.2) is 45.2 Å². The zero-order valence-electron chi connectivity index (χ0n) is 16.1. The summed E-state index contributed by atoms with van der Waals surface area (Å²) in [5.41, 5.74) is 1.28. The van der Waals surface area contributed by atoms with Crippen molar-refractivity contribution in [2.24, 2.45) is 5.92 Å². The highest BCUT2D eigenvalue weighted by Gasteiger charge is 2.28. The third-order valence-corrected chi connectivity index (χ3v) is 7.60. The Morgan fingerprint density at radius 3 is 2.86 bits per heavy atom. The van der Waals surface area contributed by atoms with Gasteiger partial charge in [-0.05, 0) is 44.1 Å². The Hall–Kier alpha value is -1.87. The van der Waals surface area contributed by atoms with Crippen LogP contribution in [0.15, 0.2) is 9.95 Å². The average Bonchev–Trinajstić information content (AvgIpc) is 3.18. The minimum Gasteiger partial charge on any atom is -0.329 e.